The van der Waals surface area contributed by atoms with Gasteiger partial charge < -0.3 is 15.0 Å². The third-order valence-corrected chi connectivity index (χ3v) is 3.33. The molecule has 1 aromatic carbocycles. The minimum Gasteiger partial charge on any atom is -0.385 e. The van der Waals surface area contributed by atoms with Crippen molar-refractivity contribution in [2.24, 2.45) is 0 Å². The van der Waals surface area contributed by atoms with Gasteiger partial charge in [-0.2, -0.15) is 0 Å². The molecule has 6 heteroatoms. The van der Waals surface area contributed by atoms with E-state index < -0.39 is 0 Å². The number of aromatic amines is 1. The first-order chi connectivity index (χ1) is 9.60. The first-order valence-corrected chi connectivity index (χ1v) is 6.88. The fourth-order valence-corrected chi connectivity index (χ4v) is 2.08. The van der Waals surface area contributed by atoms with Crippen LogP contribution in [0.1, 0.15) is 19.2 Å². The van der Waals surface area contributed by atoms with Gasteiger partial charge >= 0.3 is 0 Å². The molecule has 0 spiro atoms. The van der Waals surface area contributed by atoms with E-state index >= 15 is 0 Å². The number of ether oxygens (including phenoxy) is 1. The fourth-order valence-electron chi connectivity index (χ4n) is 1.91. The summed E-state index contributed by atoms with van der Waals surface area (Å²) in [5.74, 6) is 0.606. The number of aromatic nitrogens is 2. The maximum atomic E-state index is 11.9. The second-order valence-corrected chi connectivity index (χ2v) is 5.17. The molecule has 0 aliphatic heterocycles. The standard InChI is InChI=1S/C14H18ClN3O2/c1-9(5-6-20-2)16-8-13-17-12-7-10(15)3-4-11(12)14(19)18-13/h3-4,7,9,16H,5-6,8H2,1-2H3,(H,17,18,19). The summed E-state index contributed by atoms with van der Waals surface area (Å²) in [6.07, 6.45) is 0.903. The predicted octanol–water partition coefficient (Wildman–Crippen LogP) is 2.09. The van der Waals surface area contributed by atoms with Crippen molar-refractivity contribution in [3.8, 4) is 0 Å². The largest absolute Gasteiger partial charge is 0.385 e. The summed E-state index contributed by atoms with van der Waals surface area (Å²) in [6, 6.07) is 5.35. The highest BCUT2D eigenvalue weighted by Crippen LogP contribution is 2.14. The predicted molar refractivity (Wildman–Crippen MR) is 80.2 cm³/mol. The lowest BCUT2D eigenvalue weighted by atomic mass is 10.2. The van der Waals surface area contributed by atoms with Crippen LogP contribution in [-0.2, 0) is 11.3 Å². The molecule has 2 rings (SSSR count). The van der Waals surface area contributed by atoms with Crippen LogP contribution in [0, 0.1) is 0 Å². The van der Waals surface area contributed by atoms with Crippen LogP contribution in [-0.4, -0.2) is 29.7 Å². The van der Waals surface area contributed by atoms with Crippen molar-refractivity contribution in [1.29, 1.82) is 0 Å². The Hall–Kier alpha value is -1.43. The van der Waals surface area contributed by atoms with Crippen LogP contribution in [0.5, 0.6) is 0 Å². The average Bonchev–Trinajstić information content (AvgIpc) is 2.42. The molecule has 1 unspecified atom stereocenters. The van der Waals surface area contributed by atoms with Gasteiger partial charge in [-0.1, -0.05) is 11.6 Å². The van der Waals surface area contributed by atoms with Gasteiger partial charge in [-0.3, -0.25) is 4.79 Å². The molecular formula is C14H18ClN3O2. The number of methoxy groups -OCH3 is 1. The van der Waals surface area contributed by atoms with Gasteiger partial charge in [0.05, 0.1) is 17.4 Å². The van der Waals surface area contributed by atoms with Gasteiger partial charge in [-0.25, -0.2) is 4.98 Å². The Morgan fingerprint density at radius 3 is 3.05 bits per heavy atom. The van der Waals surface area contributed by atoms with Gasteiger partial charge in [-0.15, -0.1) is 0 Å². The third-order valence-electron chi connectivity index (χ3n) is 3.09. The first-order valence-electron chi connectivity index (χ1n) is 6.51. The highest BCUT2D eigenvalue weighted by Gasteiger charge is 2.06. The molecule has 1 heterocycles. The fraction of sp³-hybridized carbons (Fsp3) is 0.429. The Balaban J connectivity index is 2.13. The molecule has 5 nitrogen and oxygen atoms in total. The van der Waals surface area contributed by atoms with Crippen LogP contribution in [0.4, 0.5) is 0 Å². The molecule has 108 valence electrons. The maximum absolute atomic E-state index is 11.9. The molecule has 1 atom stereocenters. The van der Waals surface area contributed by atoms with Gasteiger partial charge in [0.1, 0.15) is 5.82 Å². The average molecular weight is 296 g/mol. The van der Waals surface area contributed by atoms with Crippen molar-refractivity contribution >= 4 is 22.5 Å². The van der Waals surface area contributed by atoms with Gasteiger partial charge in [0.25, 0.3) is 5.56 Å². The van der Waals surface area contributed by atoms with Crippen molar-refractivity contribution in [2.75, 3.05) is 13.7 Å². The number of nitrogens with one attached hydrogen (secondary N) is 2. The zero-order valence-corrected chi connectivity index (χ0v) is 12.3. The molecule has 2 aromatic rings. The van der Waals surface area contributed by atoms with Crippen molar-refractivity contribution in [3.63, 3.8) is 0 Å². The van der Waals surface area contributed by atoms with Crippen LogP contribution < -0.4 is 10.9 Å². The van der Waals surface area contributed by atoms with E-state index in [4.69, 9.17) is 16.3 Å². The number of fused-ring (bicyclic) bond motifs is 1. The number of rotatable bonds is 6. The summed E-state index contributed by atoms with van der Waals surface area (Å²) < 4.78 is 5.03. The second kappa shape index (κ2) is 6.83. The van der Waals surface area contributed by atoms with Gasteiger partial charge in [0.15, 0.2) is 0 Å². The minimum atomic E-state index is -0.145. The molecule has 0 radical (unpaired) electrons. The monoisotopic (exact) mass is 295 g/mol. The van der Waals surface area contributed by atoms with E-state index in [1.807, 2.05) is 0 Å². The quantitative estimate of drug-likeness (QED) is 0.856. The highest BCUT2D eigenvalue weighted by molar-refractivity contribution is 6.31. The van der Waals surface area contributed by atoms with Gasteiger partial charge in [0, 0.05) is 24.8 Å². The van der Waals surface area contributed by atoms with Crippen molar-refractivity contribution in [3.05, 3.63) is 39.4 Å². The van der Waals surface area contributed by atoms with E-state index in [9.17, 15) is 4.79 Å². The zero-order valence-electron chi connectivity index (χ0n) is 11.6. The molecule has 2 N–H and O–H groups in total. The Morgan fingerprint density at radius 1 is 1.50 bits per heavy atom. The molecule has 0 bridgehead atoms. The van der Waals surface area contributed by atoms with Crippen LogP contribution in [0.3, 0.4) is 0 Å². The smallest absolute Gasteiger partial charge is 0.258 e. The van der Waals surface area contributed by atoms with E-state index in [0.717, 1.165) is 6.42 Å². The third kappa shape index (κ3) is 3.79. The Morgan fingerprint density at radius 2 is 2.30 bits per heavy atom. The van der Waals surface area contributed by atoms with Gasteiger partial charge in [0.2, 0.25) is 0 Å². The lowest BCUT2D eigenvalue weighted by molar-refractivity contribution is 0.184. The molecule has 0 aliphatic carbocycles. The topological polar surface area (TPSA) is 67.0 Å². The summed E-state index contributed by atoms with van der Waals surface area (Å²) in [4.78, 5) is 19.1. The second-order valence-electron chi connectivity index (χ2n) is 4.74. The summed E-state index contributed by atoms with van der Waals surface area (Å²) in [6.45, 7) is 3.27. The summed E-state index contributed by atoms with van der Waals surface area (Å²) in [5.41, 5.74) is 0.468. The number of hydrogen-bond acceptors (Lipinski definition) is 4. The van der Waals surface area contributed by atoms with E-state index in [1.54, 1.807) is 25.3 Å². The van der Waals surface area contributed by atoms with Crippen molar-refractivity contribution in [2.45, 2.75) is 25.9 Å². The molecular weight excluding hydrogens is 278 g/mol. The Bertz CT molecular complexity index is 642. The lowest BCUT2D eigenvalue weighted by Crippen LogP contribution is -2.28. The van der Waals surface area contributed by atoms with E-state index in [1.165, 1.54) is 0 Å². The Kier molecular flexibility index (Phi) is 5.11. The molecule has 1 aromatic heterocycles. The molecule has 0 fully saturated rings. The minimum absolute atomic E-state index is 0.145. The summed E-state index contributed by atoms with van der Waals surface area (Å²) in [7, 11) is 1.68. The lowest BCUT2D eigenvalue weighted by Gasteiger charge is -2.12. The first kappa shape index (κ1) is 15.0. The summed E-state index contributed by atoms with van der Waals surface area (Å²) >= 11 is 5.93. The zero-order chi connectivity index (χ0) is 14.5. The molecule has 0 aliphatic rings. The van der Waals surface area contributed by atoms with Crippen LogP contribution in [0.2, 0.25) is 5.02 Å². The van der Waals surface area contributed by atoms with Crippen LogP contribution >= 0.6 is 11.6 Å². The summed E-state index contributed by atoms with van der Waals surface area (Å²) in [5, 5.41) is 4.41. The normalized spacial score (nSPS) is 12.8. The van der Waals surface area contributed by atoms with E-state index in [0.29, 0.717) is 34.9 Å². The number of hydrogen-bond donors (Lipinski definition) is 2. The molecule has 0 saturated carbocycles. The molecule has 0 amide bonds. The molecule has 0 saturated heterocycles. The van der Waals surface area contributed by atoms with Crippen LogP contribution in [0.15, 0.2) is 23.0 Å². The number of benzene rings is 1. The van der Waals surface area contributed by atoms with Crippen molar-refractivity contribution < 1.29 is 4.74 Å². The van der Waals surface area contributed by atoms with Crippen molar-refractivity contribution in [1.82, 2.24) is 15.3 Å². The maximum Gasteiger partial charge on any atom is 0.258 e. The van der Waals surface area contributed by atoms with E-state index in [2.05, 4.69) is 22.2 Å². The van der Waals surface area contributed by atoms with E-state index in [-0.39, 0.29) is 11.6 Å². The highest BCUT2D eigenvalue weighted by atomic mass is 35.5. The number of H-pyrrole nitrogens is 1. The SMILES string of the molecule is COCCC(C)NCc1nc2cc(Cl)ccc2c(=O)[nH]1. The van der Waals surface area contributed by atoms with Gasteiger partial charge in [-0.05, 0) is 31.5 Å². The molecule has 20 heavy (non-hydrogen) atoms. The number of nitrogens with zero attached hydrogens (tertiary/aromatic N) is 1. The Labute approximate surface area is 122 Å². The van der Waals surface area contributed by atoms with Crippen LogP contribution in [0.25, 0.3) is 10.9 Å². The number of halogens is 1.